The zero-order valence-electron chi connectivity index (χ0n) is 14.2. The number of benzene rings is 2. The number of para-hydroxylation sites is 1. The molecule has 3 N–H and O–H groups in total. The fourth-order valence-electron chi connectivity index (χ4n) is 2.72. The number of carbonyl (C=O) groups is 1. The fourth-order valence-corrected chi connectivity index (χ4v) is 3.49. The van der Waals surface area contributed by atoms with Crippen molar-refractivity contribution in [3.8, 4) is 5.75 Å². The van der Waals surface area contributed by atoms with E-state index in [9.17, 15) is 9.90 Å². The van der Waals surface area contributed by atoms with Crippen molar-refractivity contribution in [1.82, 2.24) is 15.2 Å². The molecular weight excluding hydrogens is 360 g/mol. The minimum atomic E-state index is -0.280. The van der Waals surface area contributed by atoms with Crippen molar-refractivity contribution in [2.24, 2.45) is 0 Å². The van der Waals surface area contributed by atoms with Crippen LogP contribution in [0.3, 0.4) is 0 Å². The van der Waals surface area contributed by atoms with Gasteiger partial charge in [-0.15, -0.1) is 10.2 Å². The van der Waals surface area contributed by atoms with E-state index < -0.39 is 0 Å². The maximum Gasteiger partial charge on any atom is 0.250 e. The molecule has 0 radical (unpaired) electrons. The number of phenolic OH excluding ortho intramolecular Hbond substituents is 1. The predicted molar refractivity (Wildman–Crippen MR) is 107 cm³/mol. The van der Waals surface area contributed by atoms with E-state index >= 15 is 0 Å². The van der Waals surface area contributed by atoms with Crippen molar-refractivity contribution in [2.75, 3.05) is 5.32 Å². The number of aromatic amines is 1. The molecule has 2 aromatic carbocycles. The van der Waals surface area contributed by atoms with Gasteiger partial charge in [0.25, 0.3) is 0 Å². The van der Waals surface area contributed by atoms with E-state index in [1.165, 1.54) is 17.4 Å². The average Bonchev–Trinajstić information content (AvgIpc) is 3.29. The number of hydrogen-bond donors (Lipinski definition) is 3. The molecule has 0 aliphatic rings. The lowest BCUT2D eigenvalue weighted by Gasteiger charge is -1.96. The van der Waals surface area contributed by atoms with Crippen LogP contribution in [0, 0.1) is 0 Å². The first kappa shape index (κ1) is 17.0. The van der Waals surface area contributed by atoms with Crippen LogP contribution in [0.15, 0.2) is 60.8 Å². The topological polar surface area (TPSA) is 90.9 Å². The predicted octanol–water partition coefficient (Wildman–Crippen LogP) is 3.97. The number of hydrogen-bond acceptors (Lipinski definition) is 5. The lowest BCUT2D eigenvalue weighted by molar-refractivity contribution is -0.111. The average molecular weight is 376 g/mol. The van der Waals surface area contributed by atoms with E-state index in [1.54, 1.807) is 30.3 Å². The number of rotatable bonds is 5. The van der Waals surface area contributed by atoms with E-state index in [4.69, 9.17) is 0 Å². The van der Waals surface area contributed by atoms with Gasteiger partial charge in [0.1, 0.15) is 10.8 Å². The van der Waals surface area contributed by atoms with Crippen LogP contribution in [0.2, 0.25) is 0 Å². The SMILES string of the molecule is O=C(/C=C/c1ccc(O)cc1)Nc1nnc(Cc2c[nH]c3ccccc23)s1. The summed E-state index contributed by atoms with van der Waals surface area (Å²) in [5.41, 5.74) is 3.05. The number of phenols is 1. The molecule has 7 heteroatoms. The van der Waals surface area contributed by atoms with Crippen LogP contribution in [0.1, 0.15) is 16.1 Å². The highest BCUT2D eigenvalue weighted by Gasteiger charge is 2.10. The second-order valence-corrected chi connectivity index (χ2v) is 7.01. The van der Waals surface area contributed by atoms with Gasteiger partial charge in [-0.05, 0) is 35.4 Å². The highest BCUT2D eigenvalue weighted by Crippen LogP contribution is 2.23. The van der Waals surface area contributed by atoms with Crippen LogP contribution in [0.5, 0.6) is 5.75 Å². The Balaban J connectivity index is 1.40. The van der Waals surface area contributed by atoms with Crippen molar-refractivity contribution in [1.29, 1.82) is 0 Å². The van der Waals surface area contributed by atoms with E-state index in [2.05, 4.69) is 26.6 Å². The van der Waals surface area contributed by atoms with E-state index in [-0.39, 0.29) is 11.7 Å². The highest BCUT2D eigenvalue weighted by atomic mass is 32.1. The van der Waals surface area contributed by atoms with Crippen molar-refractivity contribution < 1.29 is 9.90 Å². The number of amides is 1. The van der Waals surface area contributed by atoms with Gasteiger partial charge >= 0.3 is 0 Å². The van der Waals surface area contributed by atoms with Crippen molar-refractivity contribution in [3.05, 3.63) is 76.9 Å². The number of H-pyrrole nitrogens is 1. The smallest absolute Gasteiger partial charge is 0.250 e. The molecule has 0 bridgehead atoms. The van der Waals surface area contributed by atoms with Gasteiger partial charge in [-0.25, -0.2) is 0 Å². The number of nitrogens with one attached hydrogen (secondary N) is 2. The van der Waals surface area contributed by atoms with Gasteiger partial charge in [0, 0.05) is 29.6 Å². The third kappa shape index (κ3) is 4.04. The second-order valence-electron chi connectivity index (χ2n) is 5.95. The zero-order chi connectivity index (χ0) is 18.6. The summed E-state index contributed by atoms with van der Waals surface area (Å²) in [6.45, 7) is 0. The van der Waals surface area contributed by atoms with Crippen LogP contribution >= 0.6 is 11.3 Å². The number of anilines is 1. The second kappa shape index (κ2) is 7.43. The molecule has 0 saturated heterocycles. The van der Waals surface area contributed by atoms with Crippen LogP contribution < -0.4 is 5.32 Å². The molecule has 6 nitrogen and oxygen atoms in total. The Bertz CT molecular complexity index is 1110. The first-order valence-electron chi connectivity index (χ1n) is 8.33. The molecule has 4 aromatic rings. The molecule has 0 aliphatic carbocycles. The number of fused-ring (bicyclic) bond motifs is 1. The molecule has 0 atom stereocenters. The minimum Gasteiger partial charge on any atom is -0.508 e. The third-order valence-electron chi connectivity index (χ3n) is 4.03. The number of aromatic hydroxyl groups is 1. The fraction of sp³-hybridized carbons (Fsp3) is 0.0500. The van der Waals surface area contributed by atoms with Gasteiger partial charge < -0.3 is 10.1 Å². The first-order chi connectivity index (χ1) is 13.2. The zero-order valence-corrected chi connectivity index (χ0v) is 15.0. The lowest BCUT2D eigenvalue weighted by Crippen LogP contribution is -2.07. The molecule has 2 aromatic heterocycles. The van der Waals surface area contributed by atoms with Crippen molar-refractivity contribution in [3.63, 3.8) is 0 Å². The van der Waals surface area contributed by atoms with Crippen molar-refractivity contribution >= 4 is 39.4 Å². The summed E-state index contributed by atoms with van der Waals surface area (Å²) < 4.78 is 0. The largest absolute Gasteiger partial charge is 0.508 e. The summed E-state index contributed by atoms with van der Waals surface area (Å²) in [5, 5.41) is 22.7. The van der Waals surface area contributed by atoms with Gasteiger partial charge in [-0.3, -0.25) is 10.1 Å². The maximum absolute atomic E-state index is 12.0. The molecule has 0 saturated carbocycles. The lowest BCUT2D eigenvalue weighted by atomic mass is 10.1. The summed E-state index contributed by atoms with van der Waals surface area (Å²) in [4.78, 5) is 15.3. The van der Waals surface area contributed by atoms with Crippen LogP contribution in [-0.4, -0.2) is 26.2 Å². The molecular formula is C20H16N4O2S. The number of aromatic nitrogens is 3. The van der Waals surface area contributed by atoms with E-state index in [0.717, 1.165) is 27.0 Å². The Morgan fingerprint density at radius 2 is 1.96 bits per heavy atom. The molecule has 1 amide bonds. The summed E-state index contributed by atoms with van der Waals surface area (Å²) in [6.07, 6.45) is 5.72. The quantitative estimate of drug-likeness (QED) is 0.460. The normalized spacial score (nSPS) is 11.3. The molecule has 27 heavy (non-hydrogen) atoms. The maximum atomic E-state index is 12.0. The van der Waals surface area contributed by atoms with Crippen LogP contribution in [-0.2, 0) is 11.2 Å². The Morgan fingerprint density at radius 3 is 2.81 bits per heavy atom. The Labute approximate surface area is 159 Å². The number of nitrogens with zero attached hydrogens (tertiary/aromatic N) is 2. The standard InChI is InChI=1S/C20H16N4O2S/c25-15-8-5-13(6-9-15)7-10-18(26)22-20-24-23-19(27-20)11-14-12-21-17-4-2-1-3-16(14)17/h1-10,12,21,25H,11H2,(H,22,24,26)/b10-7+. The van der Waals surface area contributed by atoms with Crippen LogP contribution in [0.25, 0.3) is 17.0 Å². The Kier molecular flexibility index (Phi) is 4.67. The van der Waals surface area contributed by atoms with Crippen LogP contribution in [0.4, 0.5) is 5.13 Å². The number of carbonyl (C=O) groups excluding carboxylic acids is 1. The monoisotopic (exact) mass is 376 g/mol. The molecule has 4 rings (SSSR count). The highest BCUT2D eigenvalue weighted by molar-refractivity contribution is 7.15. The summed E-state index contributed by atoms with van der Waals surface area (Å²) in [7, 11) is 0. The molecule has 0 aliphatic heterocycles. The Hall–Kier alpha value is -3.45. The summed E-state index contributed by atoms with van der Waals surface area (Å²) in [6, 6.07) is 14.7. The van der Waals surface area contributed by atoms with Gasteiger partial charge in [-0.1, -0.05) is 41.7 Å². The van der Waals surface area contributed by atoms with Gasteiger partial charge in [-0.2, -0.15) is 0 Å². The minimum absolute atomic E-state index is 0.188. The molecule has 0 unspecified atom stereocenters. The van der Waals surface area contributed by atoms with E-state index in [0.29, 0.717) is 11.6 Å². The molecule has 2 heterocycles. The first-order valence-corrected chi connectivity index (χ1v) is 9.14. The van der Waals surface area contributed by atoms with Crippen molar-refractivity contribution in [2.45, 2.75) is 6.42 Å². The summed E-state index contributed by atoms with van der Waals surface area (Å²) >= 11 is 1.36. The molecule has 134 valence electrons. The van der Waals surface area contributed by atoms with Gasteiger partial charge in [0.15, 0.2) is 0 Å². The molecule has 0 spiro atoms. The third-order valence-corrected chi connectivity index (χ3v) is 4.87. The molecule has 0 fully saturated rings. The Morgan fingerprint density at radius 1 is 1.15 bits per heavy atom. The van der Waals surface area contributed by atoms with E-state index in [1.807, 2.05) is 24.4 Å². The summed E-state index contributed by atoms with van der Waals surface area (Å²) in [5.74, 6) is -0.0916. The van der Waals surface area contributed by atoms with Gasteiger partial charge in [0.05, 0.1) is 0 Å². The van der Waals surface area contributed by atoms with Gasteiger partial charge in [0.2, 0.25) is 11.0 Å².